The van der Waals surface area contributed by atoms with Gasteiger partial charge in [-0.3, -0.25) is 5.10 Å². The Morgan fingerprint density at radius 1 is 1.19 bits per heavy atom. The summed E-state index contributed by atoms with van der Waals surface area (Å²) in [6, 6.07) is 8.52. The molecule has 3 aromatic rings. The fraction of sp³-hybridized carbons (Fsp3) is 0.267. The Morgan fingerprint density at radius 2 is 2.10 bits per heavy atom. The lowest BCUT2D eigenvalue weighted by Gasteiger charge is -2.27. The zero-order chi connectivity index (χ0) is 14.2. The van der Waals surface area contributed by atoms with Crippen molar-refractivity contribution in [3.63, 3.8) is 0 Å². The Bertz CT molecular complexity index is 776. The SMILES string of the molecule is Nc1nc(NC2CCC2)c2ccc(-c3ccn[nH]3)cc2n1. The molecule has 1 aromatic carbocycles. The lowest BCUT2D eigenvalue weighted by molar-refractivity contribution is 0.445. The molecule has 0 atom stereocenters. The molecule has 6 nitrogen and oxygen atoms in total. The molecular formula is C15H16N6. The zero-order valence-corrected chi connectivity index (χ0v) is 11.5. The van der Waals surface area contributed by atoms with E-state index in [1.165, 1.54) is 19.3 Å². The van der Waals surface area contributed by atoms with Crippen molar-refractivity contribution >= 4 is 22.7 Å². The van der Waals surface area contributed by atoms with Crippen molar-refractivity contribution < 1.29 is 0 Å². The molecule has 2 heterocycles. The van der Waals surface area contributed by atoms with E-state index in [0.717, 1.165) is 28.0 Å². The van der Waals surface area contributed by atoms with Gasteiger partial charge in [-0.1, -0.05) is 6.07 Å². The highest BCUT2D eigenvalue weighted by Crippen LogP contribution is 2.29. The number of nitrogens with zero attached hydrogens (tertiary/aromatic N) is 3. The van der Waals surface area contributed by atoms with Gasteiger partial charge in [-0.2, -0.15) is 10.1 Å². The number of hydrogen-bond donors (Lipinski definition) is 3. The van der Waals surface area contributed by atoms with E-state index >= 15 is 0 Å². The molecule has 0 radical (unpaired) electrons. The highest BCUT2D eigenvalue weighted by molar-refractivity contribution is 5.92. The minimum Gasteiger partial charge on any atom is -0.368 e. The summed E-state index contributed by atoms with van der Waals surface area (Å²) in [5.74, 6) is 1.13. The first-order valence-corrected chi connectivity index (χ1v) is 7.13. The molecular weight excluding hydrogens is 264 g/mol. The smallest absolute Gasteiger partial charge is 0.222 e. The molecule has 2 aromatic heterocycles. The van der Waals surface area contributed by atoms with Crippen LogP contribution < -0.4 is 11.1 Å². The highest BCUT2D eigenvalue weighted by Gasteiger charge is 2.19. The van der Waals surface area contributed by atoms with Crippen LogP contribution in [0.25, 0.3) is 22.2 Å². The van der Waals surface area contributed by atoms with Crippen molar-refractivity contribution in [2.24, 2.45) is 0 Å². The number of aromatic amines is 1. The Labute approximate surface area is 121 Å². The molecule has 6 heteroatoms. The van der Waals surface area contributed by atoms with Crippen molar-refractivity contribution in [3.05, 3.63) is 30.5 Å². The minimum absolute atomic E-state index is 0.297. The predicted molar refractivity (Wildman–Crippen MR) is 82.8 cm³/mol. The summed E-state index contributed by atoms with van der Waals surface area (Å²) in [5, 5.41) is 11.4. The first-order chi connectivity index (χ1) is 10.3. The van der Waals surface area contributed by atoms with Crippen LogP contribution in [-0.2, 0) is 0 Å². The molecule has 0 spiro atoms. The number of nitrogens with one attached hydrogen (secondary N) is 2. The molecule has 1 aliphatic rings. The molecule has 1 aliphatic carbocycles. The number of benzene rings is 1. The van der Waals surface area contributed by atoms with Crippen LogP contribution in [0.1, 0.15) is 19.3 Å². The Balaban J connectivity index is 1.80. The highest BCUT2D eigenvalue weighted by atomic mass is 15.1. The number of anilines is 2. The van der Waals surface area contributed by atoms with Gasteiger partial charge in [0.15, 0.2) is 0 Å². The van der Waals surface area contributed by atoms with Crippen LogP contribution >= 0.6 is 0 Å². The molecule has 1 fully saturated rings. The first-order valence-electron chi connectivity index (χ1n) is 7.13. The first kappa shape index (κ1) is 12.1. The van der Waals surface area contributed by atoms with Crippen LogP contribution in [0.5, 0.6) is 0 Å². The van der Waals surface area contributed by atoms with Gasteiger partial charge in [0.2, 0.25) is 5.95 Å². The normalized spacial score (nSPS) is 15.0. The summed E-state index contributed by atoms with van der Waals surface area (Å²) in [4.78, 5) is 8.70. The van der Waals surface area contributed by atoms with E-state index in [0.29, 0.717) is 12.0 Å². The number of hydrogen-bond acceptors (Lipinski definition) is 5. The van der Waals surface area contributed by atoms with E-state index in [-0.39, 0.29) is 0 Å². The van der Waals surface area contributed by atoms with Gasteiger partial charge >= 0.3 is 0 Å². The molecule has 21 heavy (non-hydrogen) atoms. The summed E-state index contributed by atoms with van der Waals surface area (Å²) < 4.78 is 0. The topological polar surface area (TPSA) is 92.5 Å². The summed E-state index contributed by atoms with van der Waals surface area (Å²) in [7, 11) is 0. The van der Waals surface area contributed by atoms with Crippen LogP contribution in [0.4, 0.5) is 11.8 Å². The van der Waals surface area contributed by atoms with E-state index in [1.807, 2.05) is 24.3 Å². The predicted octanol–water partition coefficient (Wildman–Crippen LogP) is 2.57. The summed E-state index contributed by atoms with van der Waals surface area (Å²) >= 11 is 0. The maximum atomic E-state index is 5.85. The van der Waals surface area contributed by atoms with Gasteiger partial charge in [-0.05, 0) is 37.5 Å². The molecule has 0 saturated heterocycles. The summed E-state index contributed by atoms with van der Waals surface area (Å²) in [5.41, 5.74) is 8.69. The van der Waals surface area contributed by atoms with Crippen LogP contribution in [0.3, 0.4) is 0 Å². The largest absolute Gasteiger partial charge is 0.368 e. The fourth-order valence-electron chi connectivity index (χ4n) is 2.59. The maximum Gasteiger partial charge on any atom is 0.222 e. The number of nitrogen functional groups attached to an aromatic ring is 1. The third-order valence-corrected chi connectivity index (χ3v) is 3.97. The van der Waals surface area contributed by atoms with Crippen LogP contribution in [0, 0.1) is 0 Å². The van der Waals surface area contributed by atoms with E-state index in [9.17, 15) is 0 Å². The minimum atomic E-state index is 0.297. The van der Waals surface area contributed by atoms with E-state index < -0.39 is 0 Å². The van der Waals surface area contributed by atoms with Gasteiger partial charge < -0.3 is 11.1 Å². The third-order valence-electron chi connectivity index (χ3n) is 3.97. The summed E-state index contributed by atoms with van der Waals surface area (Å²) in [6.07, 6.45) is 5.40. The van der Waals surface area contributed by atoms with Crippen LogP contribution in [-0.4, -0.2) is 26.2 Å². The monoisotopic (exact) mass is 280 g/mol. The van der Waals surface area contributed by atoms with Gasteiger partial charge in [-0.15, -0.1) is 0 Å². The molecule has 0 unspecified atom stereocenters. The maximum absolute atomic E-state index is 5.85. The lowest BCUT2D eigenvalue weighted by Crippen LogP contribution is -2.27. The molecule has 4 N–H and O–H groups in total. The van der Waals surface area contributed by atoms with Crippen molar-refractivity contribution in [2.75, 3.05) is 11.1 Å². The van der Waals surface area contributed by atoms with Gasteiger partial charge in [0.05, 0.1) is 11.2 Å². The second kappa shape index (κ2) is 4.73. The van der Waals surface area contributed by atoms with Crippen molar-refractivity contribution in [3.8, 4) is 11.3 Å². The van der Waals surface area contributed by atoms with Gasteiger partial charge in [0.25, 0.3) is 0 Å². The van der Waals surface area contributed by atoms with Gasteiger partial charge in [0.1, 0.15) is 5.82 Å². The summed E-state index contributed by atoms with van der Waals surface area (Å²) in [6.45, 7) is 0. The molecule has 0 aliphatic heterocycles. The van der Waals surface area contributed by atoms with Crippen molar-refractivity contribution in [1.82, 2.24) is 20.2 Å². The quantitative estimate of drug-likeness (QED) is 0.685. The van der Waals surface area contributed by atoms with E-state index in [4.69, 9.17) is 5.73 Å². The molecule has 1 saturated carbocycles. The van der Waals surface area contributed by atoms with Crippen molar-refractivity contribution in [2.45, 2.75) is 25.3 Å². The zero-order valence-electron chi connectivity index (χ0n) is 11.5. The van der Waals surface area contributed by atoms with E-state index in [2.05, 4.69) is 25.5 Å². The Morgan fingerprint density at radius 3 is 2.81 bits per heavy atom. The Kier molecular flexibility index (Phi) is 2.73. The number of fused-ring (bicyclic) bond motifs is 1. The van der Waals surface area contributed by atoms with E-state index in [1.54, 1.807) is 6.20 Å². The van der Waals surface area contributed by atoms with Crippen LogP contribution in [0.15, 0.2) is 30.5 Å². The molecule has 4 rings (SSSR count). The Hall–Kier alpha value is -2.63. The van der Waals surface area contributed by atoms with Crippen LogP contribution in [0.2, 0.25) is 0 Å². The number of aromatic nitrogens is 4. The molecule has 106 valence electrons. The van der Waals surface area contributed by atoms with Gasteiger partial charge in [-0.25, -0.2) is 4.98 Å². The standard InChI is InChI=1S/C15H16N6/c16-15-19-13-8-9(12-6-7-17-21-12)4-5-11(13)14(20-15)18-10-2-1-3-10/h4-8,10H,1-3H2,(H,17,21)(H3,16,18,19,20). The second-order valence-electron chi connectivity index (χ2n) is 5.40. The number of rotatable bonds is 3. The second-order valence-corrected chi connectivity index (χ2v) is 5.40. The third kappa shape index (κ3) is 2.18. The average molecular weight is 280 g/mol. The molecule has 0 amide bonds. The van der Waals surface area contributed by atoms with Crippen molar-refractivity contribution in [1.29, 1.82) is 0 Å². The number of nitrogens with two attached hydrogens (primary N) is 1. The number of H-pyrrole nitrogens is 1. The molecule has 0 bridgehead atoms. The fourth-order valence-corrected chi connectivity index (χ4v) is 2.59. The van der Waals surface area contributed by atoms with Gasteiger partial charge in [0, 0.05) is 23.2 Å². The average Bonchev–Trinajstić information content (AvgIpc) is 2.96. The lowest BCUT2D eigenvalue weighted by atomic mass is 9.93.